The number of hydrogen-bond acceptors (Lipinski definition) is 7. The first-order chi connectivity index (χ1) is 15.0. The van der Waals surface area contributed by atoms with Crippen molar-refractivity contribution in [2.45, 2.75) is 12.8 Å². The van der Waals surface area contributed by atoms with Crippen LogP contribution < -0.4 is 14.2 Å². The summed E-state index contributed by atoms with van der Waals surface area (Å²) in [6, 6.07) is 10.7. The van der Waals surface area contributed by atoms with Gasteiger partial charge in [0.1, 0.15) is 19.0 Å². The van der Waals surface area contributed by atoms with Gasteiger partial charge in [-0.15, -0.1) is 13.2 Å². The fraction of sp³-hybridized carbons (Fsp3) is 0.250. The lowest BCUT2D eigenvalue weighted by atomic mass is 10.1. The van der Waals surface area contributed by atoms with Crippen molar-refractivity contribution in [3.05, 3.63) is 72.8 Å². The van der Waals surface area contributed by atoms with Gasteiger partial charge in [-0.05, 0) is 48.2 Å². The van der Waals surface area contributed by atoms with E-state index in [-0.39, 0.29) is 30.5 Å². The van der Waals surface area contributed by atoms with Crippen molar-refractivity contribution < 1.29 is 33.3 Å². The van der Waals surface area contributed by atoms with Crippen LogP contribution in [0.2, 0.25) is 0 Å². The summed E-state index contributed by atoms with van der Waals surface area (Å²) in [6.45, 7) is 6.91. The molecule has 31 heavy (non-hydrogen) atoms. The fourth-order valence-corrected chi connectivity index (χ4v) is 2.69. The van der Waals surface area contributed by atoms with E-state index in [1.54, 1.807) is 30.3 Å². The van der Waals surface area contributed by atoms with Crippen molar-refractivity contribution >= 4 is 11.9 Å². The minimum atomic E-state index is -0.672. The number of benzene rings is 2. The molecule has 0 atom stereocenters. The third-order valence-corrected chi connectivity index (χ3v) is 3.96. The van der Waals surface area contributed by atoms with E-state index in [4.69, 9.17) is 23.7 Å². The van der Waals surface area contributed by atoms with Gasteiger partial charge in [0, 0.05) is 14.2 Å². The Morgan fingerprint density at radius 3 is 1.94 bits per heavy atom. The number of ether oxygens (including phenoxy) is 5. The second kappa shape index (κ2) is 12.3. The second-order valence-corrected chi connectivity index (χ2v) is 6.47. The molecule has 7 nitrogen and oxygen atoms in total. The van der Waals surface area contributed by atoms with Gasteiger partial charge in [-0.2, -0.15) is 0 Å². The predicted molar refractivity (Wildman–Crippen MR) is 116 cm³/mol. The van der Waals surface area contributed by atoms with Crippen molar-refractivity contribution in [3.63, 3.8) is 0 Å². The van der Waals surface area contributed by atoms with E-state index >= 15 is 0 Å². The molecule has 2 rings (SSSR count). The Bertz CT molecular complexity index is 916. The summed E-state index contributed by atoms with van der Waals surface area (Å²) < 4.78 is 26.4. The lowest BCUT2D eigenvalue weighted by Gasteiger charge is -2.17. The zero-order valence-corrected chi connectivity index (χ0v) is 17.7. The van der Waals surface area contributed by atoms with Crippen molar-refractivity contribution in [3.8, 4) is 23.0 Å². The van der Waals surface area contributed by atoms with E-state index in [1.165, 1.54) is 14.2 Å². The molecule has 0 N–H and O–H groups in total. The molecule has 0 heterocycles. The highest BCUT2D eigenvalue weighted by Gasteiger charge is 2.21. The molecule has 0 aliphatic heterocycles. The lowest BCUT2D eigenvalue weighted by molar-refractivity contribution is -0.141. The number of methoxy groups -OCH3 is 2. The summed E-state index contributed by atoms with van der Waals surface area (Å²) in [5.74, 6) is -0.600. The number of carbonyl (C=O) groups is 2. The predicted octanol–water partition coefficient (Wildman–Crippen LogP) is 4.04. The van der Waals surface area contributed by atoms with E-state index in [0.717, 1.165) is 17.5 Å². The molecule has 0 spiro atoms. The van der Waals surface area contributed by atoms with E-state index in [1.807, 2.05) is 18.2 Å². The van der Waals surface area contributed by atoms with Gasteiger partial charge < -0.3 is 23.7 Å². The average Bonchev–Trinajstić information content (AvgIpc) is 2.73. The normalized spacial score (nSPS) is 10.3. The zero-order chi connectivity index (χ0) is 22.6. The number of allylic oxidation sites excluding steroid dienone is 2. The quantitative estimate of drug-likeness (QED) is 0.288. The van der Waals surface area contributed by atoms with Crippen LogP contribution in [0.15, 0.2) is 61.7 Å². The third kappa shape index (κ3) is 7.40. The third-order valence-electron chi connectivity index (χ3n) is 3.96. The van der Waals surface area contributed by atoms with Crippen LogP contribution in [0.5, 0.6) is 23.0 Å². The molecule has 0 bridgehead atoms. The van der Waals surface area contributed by atoms with Crippen LogP contribution >= 0.6 is 0 Å². The second-order valence-electron chi connectivity index (χ2n) is 6.47. The Labute approximate surface area is 181 Å². The maximum Gasteiger partial charge on any atom is 0.337 e. The highest BCUT2D eigenvalue weighted by atomic mass is 16.6. The minimum absolute atomic E-state index is 0.0316. The van der Waals surface area contributed by atoms with Crippen molar-refractivity contribution in [2.24, 2.45) is 0 Å². The first-order valence-electron chi connectivity index (χ1n) is 9.55. The topological polar surface area (TPSA) is 80.3 Å². The van der Waals surface area contributed by atoms with Gasteiger partial charge in [0.05, 0.1) is 0 Å². The van der Waals surface area contributed by atoms with Gasteiger partial charge in [0.2, 0.25) is 5.75 Å². The van der Waals surface area contributed by atoms with E-state index < -0.39 is 11.9 Å². The molecular weight excluding hydrogens is 400 g/mol. The molecule has 2 aromatic carbocycles. The van der Waals surface area contributed by atoms with Crippen LogP contribution in [-0.2, 0) is 31.9 Å². The number of hydrogen-bond donors (Lipinski definition) is 0. The van der Waals surface area contributed by atoms with E-state index in [0.29, 0.717) is 12.2 Å². The molecule has 164 valence electrons. The van der Waals surface area contributed by atoms with E-state index in [2.05, 4.69) is 13.2 Å². The Balaban J connectivity index is 2.48. The van der Waals surface area contributed by atoms with Crippen LogP contribution in [-0.4, -0.2) is 39.4 Å². The summed E-state index contributed by atoms with van der Waals surface area (Å²) in [7, 11) is 2.75. The molecule has 2 aromatic rings. The highest BCUT2D eigenvalue weighted by Crippen LogP contribution is 2.41. The van der Waals surface area contributed by atoms with Crippen LogP contribution in [0, 0.1) is 0 Å². The molecule has 0 aliphatic rings. The Morgan fingerprint density at radius 1 is 0.806 bits per heavy atom. The Hall–Kier alpha value is -3.42. The van der Waals surface area contributed by atoms with Gasteiger partial charge in [0.25, 0.3) is 0 Å². The molecule has 0 aliphatic carbocycles. The number of rotatable bonds is 12. The van der Waals surface area contributed by atoms with Crippen LogP contribution in [0.4, 0.5) is 0 Å². The molecule has 7 heteroatoms. The smallest absolute Gasteiger partial charge is 0.337 e. The highest BCUT2D eigenvalue weighted by molar-refractivity contribution is 5.79. The first kappa shape index (κ1) is 23.9. The van der Waals surface area contributed by atoms with Crippen molar-refractivity contribution in [1.82, 2.24) is 0 Å². The van der Waals surface area contributed by atoms with Crippen molar-refractivity contribution in [2.75, 3.05) is 27.4 Å². The minimum Gasteiger partial charge on any atom is -0.453 e. The lowest BCUT2D eigenvalue weighted by Crippen LogP contribution is -2.18. The van der Waals surface area contributed by atoms with Gasteiger partial charge in [-0.25, -0.2) is 9.59 Å². The van der Waals surface area contributed by atoms with Crippen molar-refractivity contribution in [1.29, 1.82) is 0 Å². The molecule has 0 aromatic heterocycles. The molecule has 0 fully saturated rings. The number of esters is 2. The summed E-state index contributed by atoms with van der Waals surface area (Å²) in [5.41, 5.74) is 1.82. The van der Waals surface area contributed by atoms with Crippen LogP contribution in [0.3, 0.4) is 0 Å². The van der Waals surface area contributed by atoms with Gasteiger partial charge >= 0.3 is 11.9 Å². The molecule has 0 amide bonds. The zero-order valence-electron chi connectivity index (χ0n) is 17.7. The van der Waals surface area contributed by atoms with Crippen LogP contribution in [0.1, 0.15) is 11.1 Å². The van der Waals surface area contributed by atoms with Crippen LogP contribution in [0.25, 0.3) is 0 Å². The molecule has 0 saturated carbocycles. The summed E-state index contributed by atoms with van der Waals surface area (Å²) in [4.78, 5) is 24.1. The summed E-state index contributed by atoms with van der Waals surface area (Å²) in [6.07, 6.45) is 4.72. The summed E-state index contributed by atoms with van der Waals surface area (Å²) >= 11 is 0. The maximum atomic E-state index is 12.1. The number of carbonyl (C=O) groups excluding carboxylic acids is 2. The monoisotopic (exact) mass is 426 g/mol. The largest absolute Gasteiger partial charge is 0.453 e. The standard InChI is InChI=1S/C24H26O7/c1-5-7-17-9-11-19(12-10-17)29-20-13-18(8-6-2)14-21(30-22(25)15-27-3)24(20)31-23(26)16-28-4/h5-6,9-14H,1-2,7-8,15-16H2,3-4H3. The van der Waals surface area contributed by atoms with Gasteiger partial charge in [-0.3, -0.25) is 0 Å². The summed E-state index contributed by atoms with van der Waals surface area (Å²) in [5, 5.41) is 0. The van der Waals surface area contributed by atoms with Gasteiger partial charge in [0.15, 0.2) is 11.5 Å². The molecule has 0 saturated heterocycles. The Kier molecular flexibility index (Phi) is 9.48. The average molecular weight is 426 g/mol. The molecule has 0 unspecified atom stereocenters. The van der Waals surface area contributed by atoms with E-state index in [9.17, 15) is 9.59 Å². The molecular formula is C24H26O7. The van der Waals surface area contributed by atoms with Gasteiger partial charge in [-0.1, -0.05) is 24.3 Å². The fourth-order valence-electron chi connectivity index (χ4n) is 2.69. The maximum absolute atomic E-state index is 12.1. The molecule has 0 radical (unpaired) electrons. The Morgan fingerprint density at radius 2 is 1.35 bits per heavy atom. The SMILES string of the molecule is C=CCc1ccc(Oc2cc(CC=C)cc(OC(=O)COC)c2OC(=O)COC)cc1. The first-order valence-corrected chi connectivity index (χ1v) is 9.55.